The molecule has 4 heterocycles. The molecule has 0 fully saturated rings. The van der Waals surface area contributed by atoms with Gasteiger partial charge in [-0.2, -0.15) is 19.3 Å². The van der Waals surface area contributed by atoms with Crippen molar-refractivity contribution in [2.24, 2.45) is 0 Å². The average molecular weight is 574 g/mol. The van der Waals surface area contributed by atoms with Gasteiger partial charge >= 0.3 is 11.1 Å². The number of ether oxygens (including phenoxy) is 1. The maximum atomic E-state index is 10.9. The SMILES string of the molecule is CCOC(=O)Nc1ccccc1O.Cc1nc2nsc(N)c2cc1C#N.Cc1nc2nsc([N+]#N)c2cc1C#N. The monoisotopic (exact) mass is 573 g/mol. The highest BCUT2D eigenvalue weighted by molar-refractivity contribution is 7.12. The van der Waals surface area contributed by atoms with E-state index in [1.165, 1.54) is 17.6 Å². The smallest absolute Gasteiger partial charge is 0.468 e. The van der Waals surface area contributed by atoms with E-state index in [-0.39, 0.29) is 5.75 Å². The fraction of sp³-hybridized carbons (Fsp3) is 0.160. The van der Waals surface area contributed by atoms with E-state index in [2.05, 4.69) is 39.8 Å². The number of carbonyl (C=O) groups excluding carboxylic acids is 1. The first-order valence-corrected chi connectivity index (χ1v) is 12.9. The maximum absolute atomic E-state index is 10.9. The lowest BCUT2D eigenvalue weighted by molar-refractivity contribution is 0.168. The number of diazo groups is 1. The normalized spacial score (nSPS) is 9.70. The standard InChI is InChI=1S/C9H11NO3.C8H4N5S.C8H6N4S/c1-2-13-9(12)10-7-5-3-4-6-8(7)11;1-4-5(3-9)2-6-7(11-4)13-14-8(6)12-10;1-4-5(3-9)2-6-7(10)13-12-8(6)11-4/h3-6,11H,2H2,1H3,(H,10,12);2H,1H3;2H,10H2,1H3/q;+1;. The Balaban J connectivity index is 0.000000166. The molecule has 5 aromatic rings. The van der Waals surface area contributed by atoms with Crippen molar-refractivity contribution in [1.29, 1.82) is 15.9 Å². The molecular formula is C25H21N10O3S2+. The van der Waals surface area contributed by atoms with Crippen molar-refractivity contribution in [2.75, 3.05) is 17.7 Å². The van der Waals surface area contributed by atoms with Crippen LogP contribution in [-0.4, -0.2) is 36.5 Å². The van der Waals surface area contributed by atoms with E-state index in [4.69, 9.17) is 21.7 Å². The van der Waals surface area contributed by atoms with E-state index in [0.29, 0.717) is 61.5 Å². The summed E-state index contributed by atoms with van der Waals surface area (Å²) in [6.07, 6.45) is -0.566. The summed E-state index contributed by atoms with van der Waals surface area (Å²) in [6.45, 7) is 5.55. The number of hydrogen-bond donors (Lipinski definition) is 3. The third-order valence-corrected chi connectivity index (χ3v) is 6.50. The zero-order valence-corrected chi connectivity index (χ0v) is 23.0. The molecule has 4 aromatic heterocycles. The molecule has 0 aliphatic carbocycles. The summed E-state index contributed by atoms with van der Waals surface area (Å²) in [7, 11) is 0. The summed E-state index contributed by atoms with van der Waals surface area (Å²) < 4.78 is 12.7. The van der Waals surface area contributed by atoms with Gasteiger partial charge in [0, 0.05) is 0 Å². The summed E-state index contributed by atoms with van der Waals surface area (Å²) in [4.78, 5) is 22.3. The number of anilines is 2. The van der Waals surface area contributed by atoms with Crippen molar-refractivity contribution < 1.29 is 14.6 Å². The van der Waals surface area contributed by atoms with Crippen molar-refractivity contribution >= 4 is 66.9 Å². The number of aryl methyl sites for hydroxylation is 2. The fourth-order valence-corrected chi connectivity index (χ4v) is 4.27. The minimum atomic E-state index is -0.566. The molecule has 40 heavy (non-hydrogen) atoms. The third-order valence-electron chi connectivity index (χ3n) is 5.08. The van der Waals surface area contributed by atoms with E-state index in [9.17, 15) is 9.90 Å². The Morgan fingerprint density at radius 2 is 1.62 bits per heavy atom. The number of nitrogens with two attached hydrogens (primary N) is 1. The first kappa shape index (κ1) is 29.1. The van der Waals surface area contributed by atoms with Crippen LogP contribution in [0.25, 0.3) is 27.0 Å². The van der Waals surface area contributed by atoms with E-state index >= 15 is 0 Å². The number of pyridine rings is 2. The molecule has 13 nitrogen and oxygen atoms in total. The quantitative estimate of drug-likeness (QED) is 0.170. The molecule has 200 valence electrons. The van der Waals surface area contributed by atoms with Crippen LogP contribution in [-0.2, 0) is 4.74 Å². The van der Waals surface area contributed by atoms with Gasteiger partial charge in [0.25, 0.3) is 0 Å². The number of benzene rings is 1. The van der Waals surface area contributed by atoms with Crippen LogP contribution in [0.5, 0.6) is 5.75 Å². The van der Waals surface area contributed by atoms with Crippen molar-refractivity contribution in [1.82, 2.24) is 18.7 Å². The van der Waals surface area contributed by atoms with Gasteiger partial charge in [-0.25, -0.2) is 14.8 Å². The van der Waals surface area contributed by atoms with Gasteiger partial charge in [0.1, 0.15) is 28.3 Å². The number of nitrogen functional groups attached to an aromatic ring is 1. The first-order chi connectivity index (χ1) is 19.2. The highest BCUT2D eigenvalue weighted by Crippen LogP contribution is 2.30. The van der Waals surface area contributed by atoms with Gasteiger partial charge < -0.3 is 15.6 Å². The number of rotatable bonds is 2. The lowest BCUT2D eigenvalue weighted by atomic mass is 10.2. The fourth-order valence-electron chi connectivity index (χ4n) is 3.10. The molecule has 0 aliphatic rings. The number of phenolic OH excluding ortho intramolecular Hbond substituents is 1. The molecular weight excluding hydrogens is 552 g/mol. The van der Waals surface area contributed by atoms with Crippen LogP contribution in [0.1, 0.15) is 29.4 Å². The maximum Gasteiger partial charge on any atom is 0.468 e. The second-order valence-electron chi connectivity index (χ2n) is 7.71. The second-order valence-corrected chi connectivity index (χ2v) is 9.26. The molecule has 0 unspecified atom stereocenters. The minimum Gasteiger partial charge on any atom is -0.506 e. The molecule has 0 radical (unpaired) electrons. The van der Waals surface area contributed by atoms with Crippen molar-refractivity contribution in [3.63, 3.8) is 0 Å². The average Bonchev–Trinajstić information content (AvgIpc) is 3.51. The van der Waals surface area contributed by atoms with Crippen LogP contribution in [0.4, 0.5) is 20.5 Å². The molecule has 4 N–H and O–H groups in total. The Morgan fingerprint density at radius 1 is 1.05 bits per heavy atom. The molecule has 1 amide bonds. The summed E-state index contributed by atoms with van der Waals surface area (Å²) in [5, 5.41) is 40.2. The molecule has 0 aliphatic heterocycles. The van der Waals surface area contributed by atoms with Crippen LogP contribution < -0.4 is 11.1 Å². The highest BCUT2D eigenvalue weighted by atomic mass is 32.1. The Kier molecular flexibility index (Phi) is 9.75. The molecule has 0 atom stereocenters. The topological polar surface area (TPSA) is 212 Å². The number of aromatic hydroxyl groups is 1. The van der Waals surface area contributed by atoms with Crippen LogP contribution >= 0.6 is 23.1 Å². The van der Waals surface area contributed by atoms with E-state index in [1.54, 1.807) is 51.1 Å². The summed E-state index contributed by atoms with van der Waals surface area (Å²) in [5.74, 6) is 0.0237. The highest BCUT2D eigenvalue weighted by Gasteiger charge is 2.19. The number of hydrogen-bond acceptors (Lipinski definition) is 13. The number of phenols is 1. The number of amides is 1. The number of aromatic nitrogens is 4. The number of nitriles is 2. The van der Waals surface area contributed by atoms with Crippen molar-refractivity contribution in [3.8, 4) is 17.9 Å². The summed E-state index contributed by atoms with van der Waals surface area (Å²) in [6, 6.07) is 13.9. The lowest BCUT2D eigenvalue weighted by Crippen LogP contribution is -2.13. The van der Waals surface area contributed by atoms with Crippen molar-refractivity contribution in [3.05, 3.63) is 63.9 Å². The third kappa shape index (κ3) is 6.90. The van der Waals surface area contributed by atoms with Gasteiger partial charge in [0.2, 0.25) is 5.39 Å². The van der Waals surface area contributed by atoms with E-state index < -0.39 is 6.09 Å². The summed E-state index contributed by atoms with van der Waals surface area (Å²) >= 11 is 2.25. The van der Waals surface area contributed by atoms with Gasteiger partial charge in [-0.15, -0.1) is 0 Å². The van der Waals surface area contributed by atoms with Crippen LogP contribution in [0.2, 0.25) is 0 Å². The lowest BCUT2D eigenvalue weighted by Gasteiger charge is -2.05. The van der Waals surface area contributed by atoms with Crippen LogP contribution in [0.3, 0.4) is 0 Å². The van der Waals surface area contributed by atoms with Crippen LogP contribution in [0.15, 0.2) is 36.4 Å². The van der Waals surface area contributed by atoms with Gasteiger partial charge in [-0.3, -0.25) is 5.32 Å². The molecule has 0 saturated heterocycles. The van der Waals surface area contributed by atoms with Crippen molar-refractivity contribution in [2.45, 2.75) is 20.8 Å². The molecule has 5 rings (SSSR count). The van der Waals surface area contributed by atoms with Gasteiger partial charge in [0.05, 0.1) is 51.7 Å². The number of carbonyl (C=O) groups is 1. The molecule has 0 saturated carbocycles. The first-order valence-electron chi connectivity index (χ1n) is 11.4. The molecule has 0 bridgehead atoms. The molecule has 0 spiro atoms. The number of fused-ring (bicyclic) bond motifs is 2. The Hall–Kier alpha value is -5.43. The Labute approximate surface area is 236 Å². The Bertz CT molecular complexity index is 1810. The summed E-state index contributed by atoms with van der Waals surface area (Å²) in [5.41, 5.74) is 9.50. The number of nitrogens with one attached hydrogen (secondary N) is 1. The number of nitrogens with zero attached hydrogens (tertiary/aromatic N) is 8. The predicted molar refractivity (Wildman–Crippen MR) is 152 cm³/mol. The van der Waals surface area contributed by atoms with E-state index in [1.807, 2.05) is 6.07 Å². The van der Waals surface area contributed by atoms with E-state index in [0.717, 1.165) is 16.9 Å². The largest absolute Gasteiger partial charge is 0.506 e. The Morgan fingerprint density at radius 3 is 2.20 bits per heavy atom. The minimum absolute atomic E-state index is 0.0237. The molecule has 15 heteroatoms. The van der Waals surface area contributed by atoms with Crippen LogP contribution in [0, 0.1) is 41.9 Å². The molecule has 1 aromatic carbocycles. The van der Waals surface area contributed by atoms with Gasteiger partial charge in [0.15, 0.2) is 16.3 Å². The van der Waals surface area contributed by atoms with Gasteiger partial charge in [-0.05, 0) is 56.6 Å². The predicted octanol–water partition coefficient (Wildman–Crippen LogP) is 5.77. The zero-order chi connectivity index (χ0) is 29.2. The van der Waals surface area contributed by atoms with Gasteiger partial charge in [-0.1, -0.05) is 12.1 Å². The number of para-hydroxylation sites is 2. The zero-order valence-electron chi connectivity index (χ0n) is 21.4. The second kappa shape index (κ2) is 13.4.